The monoisotopic (exact) mass is 366 g/mol. The second kappa shape index (κ2) is 7.06. The fourth-order valence-corrected chi connectivity index (χ4v) is 4.22. The van der Waals surface area contributed by atoms with E-state index in [1.54, 1.807) is 6.20 Å². The Morgan fingerprint density at radius 1 is 1.15 bits per heavy atom. The quantitative estimate of drug-likeness (QED) is 0.853. The van der Waals surface area contributed by atoms with Crippen molar-refractivity contribution in [1.82, 2.24) is 10.3 Å². The number of carbonyl (C=O) groups is 1. The van der Waals surface area contributed by atoms with Crippen LogP contribution in [0.1, 0.15) is 41.6 Å². The summed E-state index contributed by atoms with van der Waals surface area (Å²) in [5.41, 5.74) is 2.49. The second-order valence-corrected chi connectivity index (χ2v) is 7.80. The number of aliphatic hydroxyl groups is 1. The standard InChI is InChI=1S/C22H26N2O3/c1-16-17(19-7-2-3-12-23-19)5-4-6-18(16)20(25)24-15-21(8-9-21)22(26)10-13-27-14-11-22/h2-7,12,26H,8-11,13-15H2,1H3,(H,24,25). The van der Waals surface area contributed by atoms with E-state index in [0.717, 1.165) is 29.7 Å². The van der Waals surface area contributed by atoms with Gasteiger partial charge in [0.15, 0.2) is 0 Å². The molecule has 1 saturated carbocycles. The first-order chi connectivity index (χ1) is 13.0. The van der Waals surface area contributed by atoms with Crippen LogP contribution in [-0.2, 0) is 4.74 Å². The number of nitrogens with one attached hydrogen (secondary N) is 1. The Kier molecular flexibility index (Phi) is 4.74. The summed E-state index contributed by atoms with van der Waals surface area (Å²) in [5, 5.41) is 14.1. The van der Waals surface area contributed by atoms with Crippen LogP contribution in [0.2, 0.25) is 0 Å². The summed E-state index contributed by atoms with van der Waals surface area (Å²) >= 11 is 0. The lowest BCUT2D eigenvalue weighted by atomic mass is 9.78. The Morgan fingerprint density at radius 3 is 2.59 bits per heavy atom. The second-order valence-electron chi connectivity index (χ2n) is 7.80. The van der Waals surface area contributed by atoms with Crippen LogP contribution in [-0.4, -0.2) is 41.4 Å². The van der Waals surface area contributed by atoms with Crippen LogP contribution in [0.15, 0.2) is 42.6 Å². The largest absolute Gasteiger partial charge is 0.389 e. The predicted octanol–water partition coefficient (Wildman–Crippen LogP) is 3.11. The molecule has 2 heterocycles. The number of benzene rings is 1. The van der Waals surface area contributed by atoms with Gasteiger partial charge in [0.2, 0.25) is 0 Å². The highest BCUT2D eigenvalue weighted by Gasteiger charge is 2.58. The molecule has 2 N–H and O–H groups in total. The van der Waals surface area contributed by atoms with Gasteiger partial charge in [0, 0.05) is 55.3 Å². The summed E-state index contributed by atoms with van der Waals surface area (Å²) in [5.74, 6) is -0.0905. The van der Waals surface area contributed by atoms with E-state index < -0.39 is 5.60 Å². The zero-order valence-corrected chi connectivity index (χ0v) is 15.7. The highest BCUT2D eigenvalue weighted by Crippen LogP contribution is 2.57. The maximum Gasteiger partial charge on any atom is 0.251 e. The molecule has 1 aliphatic carbocycles. The molecule has 0 spiro atoms. The third-order valence-corrected chi connectivity index (χ3v) is 6.27. The van der Waals surface area contributed by atoms with Crippen LogP contribution in [0, 0.1) is 12.3 Å². The van der Waals surface area contributed by atoms with E-state index in [1.165, 1.54) is 0 Å². The maximum absolute atomic E-state index is 12.9. The molecule has 2 aliphatic rings. The fraction of sp³-hybridized carbons (Fsp3) is 0.455. The number of hydrogen-bond acceptors (Lipinski definition) is 4. The Bertz CT molecular complexity index is 825. The van der Waals surface area contributed by atoms with Crippen LogP contribution >= 0.6 is 0 Å². The summed E-state index contributed by atoms with van der Waals surface area (Å²) in [6, 6.07) is 11.5. The summed E-state index contributed by atoms with van der Waals surface area (Å²) in [6.45, 7) is 3.66. The summed E-state index contributed by atoms with van der Waals surface area (Å²) < 4.78 is 5.40. The predicted molar refractivity (Wildman–Crippen MR) is 103 cm³/mol. The molecule has 0 bridgehead atoms. The molecule has 2 aromatic rings. The van der Waals surface area contributed by atoms with E-state index in [4.69, 9.17) is 4.74 Å². The van der Waals surface area contributed by atoms with Crippen molar-refractivity contribution in [3.8, 4) is 11.3 Å². The van der Waals surface area contributed by atoms with Crippen molar-refractivity contribution in [3.05, 3.63) is 53.7 Å². The van der Waals surface area contributed by atoms with Crippen molar-refractivity contribution in [3.63, 3.8) is 0 Å². The molecule has 4 rings (SSSR count). The molecule has 27 heavy (non-hydrogen) atoms. The fourth-order valence-electron chi connectivity index (χ4n) is 4.22. The zero-order chi connectivity index (χ0) is 18.9. The van der Waals surface area contributed by atoms with Gasteiger partial charge in [0.25, 0.3) is 5.91 Å². The van der Waals surface area contributed by atoms with Gasteiger partial charge in [-0.05, 0) is 43.5 Å². The van der Waals surface area contributed by atoms with E-state index in [-0.39, 0.29) is 11.3 Å². The molecule has 1 aromatic heterocycles. The number of ether oxygens (including phenoxy) is 1. The lowest BCUT2D eigenvalue weighted by molar-refractivity contribution is -0.108. The first-order valence-corrected chi connectivity index (χ1v) is 9.64. The molecule has 2 fully saturated rings. The normalized spacial score (nSPS) is 20.1. The van der Waals surface area contributed by atoms with Gasteiger partial charge in [0.05, 0.1) is 11.3 Å². The molecule has 1 saturated heterocycles. The molecular formula is C22H26N2O3. The average Bonchev–Trinajstić information content (AvgIpc) is 3.49. The molecule has 5 nitrogen and oxygen atoms in total. The third kappa shape index (κ3) is 3.37. The number of aromatic nitrogens is 1. The molecule has 142 valence electrons. The van der Waals surface area contributed by atoms with Crippen molar-refractivity contribution < 1.29 is 14.6 Å². The number of rotatable bonds is 5. The van der Waals surface area contributed by atoms with Crippen molar-refractivity contribution >= 4 is 5.91 Å². The number of carbonyl (C=O) groups excluding carboxylic acids is 1. The summed E-state index contributed by atoms with van der Waals surface area (Å²) in [7, 11) is 0. The van der Waals surface area contributed by atoms with Gasteiger partial charge in [-0.25, -0.2) is 0 Å². The van der Waals surface area contributed by atoms with Gasteiger partial charge in [-0.15, -0.1) is 0 Å². The van der Waals surface area contributed by atoms with Gasteiger partial charge in [-0.2, -0.15) is 0 Å². The van der Waals surface area contributed by atoms with E-state index in [2.05, 4.69) is 10.3 Å². The van der Waals surface area contributed by atoms with Gasteiger partial charge in [0.1, 0.15) is 0 Å². The molecular weight excluding hydrogens is 340 g/mol. The van der Waals surface area contributed by atoms with E-state index in [9.17, 15) is 9.90 Å². The Labute approximate surface area is 159 Å². The van der Waals surface area contributed by atoms with Gasteiger partial charge < -0.3 is 15.2 Å². The first-order valence-electron chi connectivity index (χ1n) is 9.64. The minimum Gasteiger partial charge on any atom is -0.389 e. The van der Waals surface area contributed by atoms with Gasteiger partial charge in [-0.1, -0.05) is 18.2 Å². The molecule has 0 atom stereocenters. The van der Waals surface area contributed by atoms with Crippen LogP contribution < -0.4 is 5.32 Å². The number of hydrogen-bond donors (Lipinski definition) is 2. The van der Waals surface area contributed by atoms with Crippen molar-refractivity contribution in [2.75, 3.05) is 19.8 Å². The highest BCUT2D eigenvalue weighted by atomic mass is 16.5. The van der Waals surface area contributed by atoms with Crippen LogP contribution in [0.5, 0.6) is 0 Å². The number of pyridine rings is 1. The Morgan fingerprint density at radius 2 is 1.93 bits per heavy atom. The highest BCUT2D eigenvalue weighted by molar-refractivity contribution is 5.97. The maximum atomic E-state index is 12.9. The molecule has 1 aliphatic heterocycles. The van der Waals surface area contributed by atoms with Crippen molar-refractivity contribution in [2.45, 2.75) is 38.2 Å². The lowest BCUT2D eigenvalue weighted by Gasteiger charge is -2.39. The minimum atomic E-state index is -0.719. The average molecular weight is 366 g/mol. The van der Waals surface area contributed by atoms with Crippen molar-refractivity contribution in [2.24, 2.45) is 5.41 Å². The van der Waals surface area contributed by atoms with Gasteiger partial charge >= 0.3 is 0 Å². The minimum absolute atomic E-state index is 0.0905. The topological polar surface area (TPSA) is 71.5 Å². The zero-order valence-electron chi connectivity index (χ0n) is 15.7. The van der Waals surface area contributed by atoms with Crippen LogP contribution in [0.4, 0.5) is 0 Å². The van der Waals surface area contributed by atoms with E-state index in [1.807, 2.05) is 43.3 Å². The lowest BCUT2D eigenvalue weighted by Crippen LogP contribution is -2.49. The third-order valence-electron chi connectivity index (χ3n) is 6.27. The Hall–Kier alpha value is -2.24. The summed E-state index contributed by atoms with van der Waals surface area (Å²) in [6.07, 6.45) is 4.97. The van der Waals surface area contributed by atoms with Gasteiger partial charge in [-0.3, -0.25) is 9.78 Å². The number of nitrogens with zero attached hydrogens (tertiary/aromatic N) is 1. The smallest absolute Gasteiger partial charge is 0.251 e. The number of amides is 1. The summed E-state index contributed by atoms with van der Waals surface area (Å²) in [4.78, 5) is 17.3. The first kappa shape index (κ1) is 18.1. The van der Waals surface area contributed by atoms with Crippen LogP contribution in [0.3, 0.4) is 0 Å². The molecule has 0 radical (unpaired) electrons. The molecule has 1 aromatic carbocycles. The van der Waals surface area contributed by atoms with Crippen LogP contribution in [0.25, 0.3) is 11.3 Å². The molecule has 1 amide bonds. The Balaban J connectivity index is 1.49. The van der Waals surface area contributed by atoms with E-state index in [0.29, 0.717) is 38.2 Å². The van der Waals surface area contributed by atoms with E-state index >= 15 is 0 Å². The molecule has 0 unspecified atom stereocenters. The van der Waals surface area contributed by atoms with Crippen molar-refractivity contribution in [1.29, 1.82) is 0 Å². The SMILES string of the molecule is Cc1c(C(=O)NCC2(C3(O)CCOCC3)CC2)cccc1-c1ccccn1. The molecule has 5 heteroatoms.